The van der Waals surface area contributed by atoms with E-state index < -0.39 is 24.2 Å². The molecule has 1 rings (SSSR count). The molecule has 0 aromatic heterocycles. The molecule has 1 aliphatic rings. The van der Waals surface area contributed by atoms with Crippen LogP contribution in [0.2, 0.25) is 0 Å². The smallest absolute Gasteiger partial charge is 0.404 e. The van der Waals surface area contributed by atoms with E-state index in [-0.39, 0.29) is 0 Å². The summed E-state index contributed by atoms with van der Waals surface area (Å²) in [4.78, 5) is 4.80. The van der Waals surface area contributed by atoms with E-state index in [2.05, 4.69) is 0 Å². The number of nitrogens with zero attached hydrogens (tertiary/aromatic N) is 1. The van der Waals surface area contributed by atoms with Gasteiger partial charge < -0.3 is 4.84 Å². The Labute approximate surface area is 91.6 Å². The molecule has 88 valence electrons. The van der Waals surface area contributed by atoms with Crippen molar-refractivity contribution < 1.29 is 18.0 Å². The van der Waals surface area contributed by atoms with Gasteiger partial charge in [-0.1, -0.05) is 32.4 Å². The first-order chi connectivity index (χ1) is 6.61. The summed E-state index contributed by atoms with van der Waals surface area (Å²) < 4.78 is 36.6. The average molecular weight is 244 g/mol. The Kier molecular flexibility index (Phi) is 3.26. The van der Waals surface area contributed by atoms with Gasteiger partial charge in [-0.15, -0.1) is 5.06 Å². The summed E-state index contributed by atoms with van der Waals surface area (Å²) in [6.07, 6.45) is -3.14. The molecule has 1 atom stereocenters. The van der Waals surface area contributed by atoms with E-state index in [1.165, 1.54) is 0 Å². The third-order valence-corrected chi connectivity index (χ3v) is 2.30. The minimum Gasteiger partial charge on any atom is -0.412 e. The predicted molar refractivity (Wildman–Crippen MR) is 51.0 cm³/mol. The van der Waals surface area contributed by atoms with E-state index in [4.69, 9.17) is 16.4 Å². The van der Waals surface area contributed by atoms with Crippen LogP contribution in [-0.4, -0.2) is 23.8 Å². The Bertz CT molecular complexity index is 270. The molecule has 0 aliphatic carbocycles. The van der Waals surface area contributed by atoms with E-state index in [1.54, 1.807) is 0 Å². The largest absolute Gasteiger partial charge is 0.412 e. The first kappa shape index (κ1) is 12.6. The van der Waals surface area contributed by atoms with Crippen LogP contribution in [0.25, 0.3) is 0 Å². The second-order valence-corrected chi connectivity index (χ2v) is 5.00. The molecule has 0 saturated heterocycles. The molecule has 15 heavy (non-hydrogen) atoms. The van der Waals surface area contributed by atoms with Gasteiger partial charge in [0, 0.05) is 0 Å². The minimum atomic E-state index is -4.29. The fraction of sp³-hybridized carbons (Fsp3) is 0.778. The van der Waals surface area contributed by atoms with E-state index >= 15 is 0 Å². The van der Waals surface area contributed by atoms with Crippen molar-refractivity contribution in [2.75, 3.05) is 6.54 Å². The topological polar surface area (TPSA) is 12.5 Å². The van der Waals surface area contributed by atoms with E-state index in [9.17, 15) is 13.2 Å². The quantitative estimate of drug-likeness (QED) is 0.701. The fourth-order valence-electron chi connectivity index (χ4n) is 1.53. The maximum Gasteiger partial charge on any atom is 0.404 e. The molecule has 0 N–H and O–H groups in total. The summed E-state index contributed by atoms with van der Waals surface area (Å²) >= 11 is 5.81. The van der Waals surface area contributed by atoms with Gasteiger partial charge in [-0.2, -0.15) is 13.2 Å². The lowest BCUT2D eigenvalue weighted by Crippen LogP contribution is -2.44. The number of halogens is 4. The highest BCUT2D eigenvalue weighted by molar-refractivity contribution is 6.30. The molecule has 6 heteroatoms. The van der Waals surface area contributed by atoms with Crippen molar-refractivity contribution in [1.29, 1.82) is 0 Å². The third-order valence-electron chi connectivity index (χ3n) is 2.01. The normalized spacial score (nSPS) is 23.9. The molecule has 1 unspecified atom stereocenters. The van der Waals surface area contributed by atoms with E-state index in [1.807, 2.05) is 20.8 Å². The Hall–Kier alpha value is -0.420. The maximum atomic E-state index is 12.2. The van der Waals surface area contributed by atoms with Crippen LogP contribution in [0.1, 0.15) is 20.8 Å². The van der Waals surface area contributed by atoms with Crippen molar-refractivity contribution >= 4 is 11.6 Å². The van der Waals surface area contributed by atoms with E-state index in [0.29, 0.717) is 5.03 Å². The van der Waals surface area contributed by atoms with Gasteiger partial charge in [-0.05, 0) is 5.41 Å². The lowest BCUT2D eigenvalue weighted by molar-refractivity contribution is -0.221. The van der Waals surface area contributed by atoms with Crippen molar-refractivity contribution in [1.82, 2.24) is 5.06 Å². The Morgan fingerprint density at radius 3 is 2.33 bits per heavy atom. The molecule has 0 amide bonds. The van der Waals surface area contributed by atoms with Gasteiger partial charge in [0.05, 0.1) is 11.1 Å². The molecule has 0 saturated carbocycles. The Morgan fingerprint density at radius 1 is 1.40 bits per heavy atom. The van der Waals surface area contributed by atoms with Crippen LogP contribution in [0.5, 0.6) is 0 Å². The third kappa shape index (κ3) is 3.28. The zero-order chi connectivity index (χ0) is 11.9. The van der Waals surface area contributed by atoms with Crippen LogP contribution in [0.4, 0.5) is 13.2 Å². The predicted octanol–water partition coefficient (Wildman–Crippen LogP) is 3.29. The maximum absolute atomic E-state index is 12.2. The van der Waals surface area contributed by atoms with Gasteiger partial charge in [0.25, 0.3) is 0 Å². The summed E-state index contributed by atoms with van der Waals surface area (Å²) in [5.41, 5.74) is -0.407. The zero-order valence-corrected chi connectivity index (χ0v) is 9.49. The van der Waals surface area contributed by atoms with Crippen LogP contribution in [0.3, 0.4) is 0 Å². The van der Waals surface area contributed by atoms with Gasteiger partial charge in [-0.3, -0.25) is 0 Å². The standard InChI is InChI=1S/C9H13ClF3NO/c1-8(2,3)7-6(10)4-15-14(7)5-9(11,12)13/h4,7H,5H2,1-3H3. The van der Waals surface area contributed by atoms with Crippen LogP contribution in [0, 0.1) is 5.41 Å². The van der Waals surface area contributed by atoms with Crippen LogP contribution >= 0.6 is 11.6 Å². The van der Waals surface area contributed by atoms with Gasteiger partial charge in [0.1, 0.15) is 12.8 Å². The van der Waals surface area contributed by atoms with Crippen molar-refractivity contribution in [3.05, 3.63) is 11.3 Å². The van der Waals surface area contributed by atoms with Crippen LogP contribution in [0.15, 0.2) is 11.3 Å². The molecule has 2 nitrogen and oxygen atoms in total. The van der Waals surface area contributed by atoms with Gasteiger partial charge in [0.2, 0.25) is 0 Å². The molecule has 0 fully saturated rings. The Balaban J connectivity index is 2.77. The fourth-order valence-corrected chi connectivity index (χ4v) is 2.01. The van der Waals surface area contributed by atoms with Crippen molar-refractivity contribution in [2.45, 2.75) is 33.0 Å². The second-order valence-electron chi connectivity index (χ2n) is 4.57. The number of alkyl halides is 3. The molecule has 1 heterocycles. The SMILES string of the molecule is CC(C)(C)C1C(Cl)=CON1CC(F)(F)F. The summed E-state index contributed by atoms with van der Waals surface area (Å²) in [5.74, 6) is 0. The highest BCUT2D eigenvalue weighted by Crippen LogP contribution is 2.37. The van der Waals surface area contributed by atoms with Gasteiger partial charge in [0.15, 0.2) is 0 Å². The highest BCUT2D eigenvalue weighted by atomic mass is 35.5. The number of hydrogen-bond donors (Lipinski definition) is 0. The molecule has 0 bridgehead atoms. The van der Waals surface area contributed by atoms with Gasteiger partial charge in [-0.25, -0.2) is 0 Å². The Morgan fingerprint density at radius 2 is 1.93 bits per heavy atom. The lowest BCUT2D eigenvalue weighted by atomic mass is 9.86. The molecule has 0 aromatic carbocycles. The monoisotopic (exact) mass is 243 g/mol. The molecule has 1 aliphatic heterocycles. The zero-order valence-electron chi connectivity index (χ0n) is 8.73. The minimum absolute atomic E-state index is 0.298. The second kappa shape index (κ2) is 3.87. The number of hydroxylamine groups is 2. The van der Waals surface area contributed by atoms with Crippen molar-refractivity contribution in [3.63, 3.8) is 0 Å². The summed E-state index contributed by atoms with van der Waals surface area (Å²) in [6, 6.07) is -0.555. The van der Waals surface area contributed by atoms with Crippen LogP contribution in [-0.2, 0) is 4.84 Å². The summed E-state index contributed by atoms with van der Waals surface area (Å²) in [5, 5.41) is 1.16. The molecule has 0 aromatic rings. The summed E-state index contributed by atoms with van der Waals surface area (Å²) in [7, 11) is 0. The molecular weight excluding hydrogens is 231 g/mol. The molecular formula is C9H13ClF3NO. The van der Waals surface area contributed by atoms with E-state index in [0.717, 1.165) is 11.3 Å². The van der Waals surface area contributed by atoms with Crippen LogP contribution < -0.4 is 0 Å². The van der Waals surface area contributed by atoms with Crippen molar-refractivity contribution in [2.24, 2.45) is 5.41 Å². The summed E-state index contributed by atoms with van der Waals surface area (Å²) in [6.45, 7) is 4.31. The van der Waals surface area contributed by atoms with Crippen molar-refractivity contribution in [3.8, 4) is 0 Å². The molecule has 0 spiro atoms. The number of rotatable bonds is 1. The lowest BCUT2D eigenvalue weighted by Gasteiger charge is -2.33. The number of hydrogen-bond acceptors (Lipinski definition) is 2. The molecule has 0 radical (unpaired) electrons. The first-order valence-corrected chi connectivity index (χ1v) is 4.85. The highest BCUT2D eigenvalue weighted by Gasteiger charge is 2.43. The first-order valence-electron chi connectivity index (χ1n) is 4.47. The van der Waals surface area contributed by atoms with Gasteiger partial charge >= 0.3 is 6.18 Å². The average Bonchev–Trinajstić information content (AvgIpc) is 2.25.